The predicted molar refractivity (Wildman–Crippen MR) is 133 cm³/mol. The number of ether oxygens (including phenoxy) is 1. The SMILES string of the molecule is CCCCCCCCCCCCCCCCCC(=O)OCC(CCC)CCCCC. The summed E-state index contributed by atoms with van der Waals surface area (Å²) < 4.78 is 5.57. The lowest BCUT2D eigenvalue weighted by Gasteiger charge is -2.16. The van der Waals surface area contributed by atoms with Gasteiger partial charge in [-0.05, 0) is 25.2 Å². The minimum atomic E-state index is 0.0290. The van der Waals surface area contributed by atoms with Crippen molar-refractivity contribution in [2.75, 3.05) is 6.61 Å². The molecular weight excluding hydrogens is 368 g/mol. The number of rotatable bonds is 24. The first-order valence-electron chi connectivity index (χ1n) is 13.9. The van der Waals surface area contributed by atoms with Gasteiger partial charge >= 0.3 is 5.97 Å². The van der Waals surface area contributed by atoms with Crippen molar-refractivity contribution in [3.05, 3.63) is 0 Å². The number of carbonyl (C=O) groups is 1. The van der Waals surface area contributed by atoms with Crippen LogP contribution in [0.25, 0.3) is 0 Å². The van der Waals surface area contributed by atoms with E-state index >= 15 is 0 Å². The minimum Gasteiger partial charge on any atom is -0.465 e. The fourth-order valence-electron chi connectivity index (χ4n) is 4.33. The van der Waals surface area contributed by atoms with Crippen LogP contribution < -0.4 is 0 Å². The van der Waals surface area contributed by atoms with Crippen LogP contribution in [0.1, 0.15) is 162 Å². The molecule has 0 aromatic carbocycles. The van der Waals surface area contributed by atoms with Crippen molar-refractivity contribution in [2.45, 2.75) is 162 Å². The molecular formula is C28H56O2. The van der Waals surface area contributed by atoms with Crippen molar-refractivity contribution in [1.82, 2.24) is 0 Å². The Balaban J connectivity index is 3.37. The van der Waals surface area contributed by atoms with Crippen molar-refractivity contribution >= 4 is 5.97 Å². The van der Waals surface area contributed by atoms with Crippen molar-refractivity contribution in [2.24, 2.45) is 5.92 Å². The van der Waals surface area contributed by atoms with Crippen molar-refractivity contribution < 1.29 is 9.53 Å². The second-order valence-electron chi connectivity index (χ2n) is 9.53. The summed E-state index contributed by atoms with van der Waals surface area (Å²) in [7, 11) is 0. The van der Waals surface area contributed by atoms with Gasteiger partial charge in [-0.15, -0.1) is 0 Å². The molecule has 0 amide bonds. The Morgan fingerprint density at radius 1 is 0.533 bits per heavy atom. The van der Waals surface area contributed by atoms with Crippen LogP contribution in [0.15, 0.2) is 0 Å². The summed E-state index contributed by atoms with van der Waals surface area (Å²) in [5.74, 6) is 0.604. The summed E-state index contributed by atoms with van der Waals surface area (Å²) in [5, 5.41) is 0. The molecule has 0 saturated carbocycles. The summed E-state index contributed by atoms with van der Waals surface area (Å²) in [6, 6.07) is 0. The van der Waals surface area contributed by atoms with Gasteiger partial charge in [0.15, 0.2) is 0 Å². The molecule has 0 spiro atoms. The van der Waals surface area contributed by atoms with E-state index in [1.54, 1.807) is 0 Å². The average molecular weight is 425 g/mol. The van der Waals surface area contributed by atoms with E-state index in [0.717, 1.165) is 6.42 Å². The molecule has 0 aliphatic heterocycles. The van der Waals surface area contributed by atoms with Crippen molar-refractivity contribution in [3.63, 3.8) is 0 Å². The standard InChI is InChI=1S/C28H56O2/c1-4-7-9-10-11-12-13-14-15-16-17-18-19-20-22-25-28(29)30-26-27(23-6-3)24-21-8-5-2/h27H,4-26H2,1-3H3. The van der Waals surface area contributed by atoms with E-state index in [2.05, 4.69) is 20.8 Å². The monoisotopic (exact) mass is 424 g/mol. The van der Waals surface area contributed by atoms with Crippen LogP contribution in [-0.2, 0) is 9.53 Å². The molecule has 1 atom stereocenters. The largest absolute Gasteiger partial charge is 0.465 e. The van der Waals surface area contributed by atoms with E-state index in [1.807, 2.05) is 0 Å². The van der Waals surface area contributed by atoms with E-state index in [1.165, 1.54) is 128 Å². The summed E-state index contributed by atoms with van der Waals surface area (Å²) in [5.41, 5.74) is 0. The quantitative estimate of drug-likeness (QED) is 0.114. The molecule has 0 aliphatic carbocycles. The molecule has 0 bridgehead atoms. The molecule has 2 heteroatoms. The third kappa shape index (κ3) is 22.2. The lowest BCUT2D eigenvalue weighted by molar-refractivity contribution is -0.145. The third-order valence-corrected chi connectivity index (χ3v) is 6.38. The number of hydrogen-bond acceptors (Lipinski definition) is 2. The number of esters is 1. The molecule has 0 radical (unpaired) electrons. The highest BCUT2D eigenvalue weighted by atomic mass is 16.5. The van der Waals surface area contributed by atoms with Crippen LogP contribution in [0.3, 0.4) is 0 Å². The molecule has 0 aliphatic rings. The second kappa shape index (κ2) is 24.7. The van der Waals surface area contributed by atoms with Crippen molar-refractivity contribution in [3.8, 4) is 0 Å². The van der Waals surface area contributed by atoms with Crippen LogP contribution in [0, 0.1) is 5.92 Å². The summed E-state index contributed by atoms with van der Waals surface area (Å²) in [4.78, 5) is 12.0. The number of unbranched alkanes of at least 4 members (excludes halogenated alkanes) is 16. The third-order valence-electron chi connectivity index (χ3n) is 6.38. The molecule has 0 aromatic heterocycles. The van der Waals surface area contributed by atoms with Gasteiger partial charge in [0.05, 0.1) is 6.61 Å². The first-order chi connectivity index (χ1) is 14.7. The number of carbonyl (C=O) groups excluding carboxylic acids is 1. The first-order valence-corrected chi connectivity index (χ1v) is 13.9. The Hall–Kier alpha value is -0.530. The zero-order chi connectivity index (χ0) is 22.1. The maximum atomic E-state index is 12.0. The van der Waals surface area contributed by atoms with Crippen LogP contribution >= 0.6 is 0 Å². The van der Waals surface area contributed by atoms with Gasteiger partial charge in [-0.2, -0.15) is 0 Å². The smallest absolute Gasteiger partial charge is 0.305 e. The highest BCUT2D eigenvalue weighted by molar-refractivity contribution is 5.69. The van der Waals surface area contributed by atoms with Gasteiger partial charge in [-0.25, -0.2) is 0 Å². The molecule has 0 fully saturated rings. The van der Waals surface area contributed by atoms with Crippen LogP contribution in [-0.4, -0.2) is 12.6 Å². The van der Waals surface area contributed by atoms with E-state index < -0.39 is 0 Å². The molecule has 2 nitrogen and oxygen atoms in total. The zero-order valence-electron chi connectivity index (χ0n) is 21.2. The van der Waals surface area contributed by atoms with E-state index in [-0.39, 0.29) is 5.97 Å². The van der Waals surface area contributed by atoms with Gasteiger partial charge in [0.25, 0.3) is 0 Å². The Morgan fingerprint density at radius 2 is 0.967 bits per heavy atom. The highest BCUT2D eigenvalue weighted by Crippen LogP contribution is 2.17. The Kier molecular flexibility index (Phi) is 24.3. The van der Waals surface area contributed by atoms with Gasteiger partial charge in [-0.1, -0.05) is 136 Å². The maximum Gasteiger partial charge on any atom is 0.305 e. The van der Waals surface area contributed by atoms with Crippen LogP contribution in [0.5, 0.6) is 0 Å². The maximum absolute atomic E-state index is 12.0. The molecule has 0 heterocycles. The molecule has 30 heavy (non-hydrogen) atoms. The number of hydrogen-bond donors (Lipinski definition) is 0. The molecule has 0 rings (SSSR count). The zero-order valence-corrected chi connectivity index (χ0v) is 21.2. The van der Waals surface area contributed by atoms with Gasteiger partial charge in [0, 0.05) is 6.42 Å². The lowest BCUT2D eigenvalue weighted by atomic mass is 9.97. The second-order valence-corrected chi connectivity index (χ2v) is 9.53. The minimum absolute atomic E-state index is 0.0290. The fraction of sp³-hybridized carbons (Fsp3) is 0.964. The Labute approximate surface area is 190 Å². The van der Waals surface area contributed by atoms with Gasteiger partial charge in [0.1, 0.15) is 0 Å². The van der Waals surface area contributed by atoms with Gasteiger partial charge in [0.2, 0.25) is 0 Å². The normalized spacial score (nSPS) is 12.2. The summed E-state index contributed by atoms with van der Waals surface area (Å²) in [6.07, 6.45) is 28.4. The predicted octanol–water partition coefficient (Wildman–Crippen LogP) is 9.79. The molecule has 1 unspecified atom stereocenters. The molecule has 0 N–H and O–H groups in total. The summed E-state index contributed by atoms with van der Waals surface area (Å²) in [6.45, 7) is 7.40. The Bertz CT molecular complexity index is 340. The molecule has 0 aromatic rings. The van der Waals surface area contributed by atoms with Crippen LogP contribution in [0.2, 0.25) is 0 Å². The Morgan fingerprint density at radius 3 is 1.43 bits per heavy atom. The van der Waals surface area contributed by atoms with E-state index in [4.69, 9.17) is 4.74 Å². The van der Waals surface area contributed by atoms with Gasteiger partial charge in [-0.3, -0.25) is 4.79 Å². The molecule has 180 valence electrons. The van der Waals surface area contributed by atoms with Gasteiger partial charge < -0.3 is 4.74 Å². The van der Waals surface area contributed by atoms with E-state index in [9.17, 15) is 4.79 Å². The molecule has 0 saturated heterocycles. The lowest BCUT2D eigenvalue weighted by Crippen LogP contribution is -2.14. The topological polar surface area (TPSA) is 26.3 Å². The van der Waals surface area contributed by atoms with Crippen LogP contribution in [0.4, 0.5) is 0 Å². The van der Waals surface area contributed by atoms with Crippen molar-refractivity contribution in [1.29, 1.82) is 0 Å². The van der Waals surface area contributed by atoms with E-state index in [0.29, 0.717) is 18.9 Å². The first kappa shape index (κ1) is 29.5. The summed E-state index contributed by atoms with van der Waals surface area (Å²) >= 11 is 0. The highest BCUT2D eigenvalue weighted by Gasteiger charge is 2.11. The average Bonchev–Trinajstić information content (AvgIpc) is 2.75. The fourth-order valence-corrected chi connectivity index (χ4v) is 4.33.